The number of esters is 2. The van der Waals surface area contributed by atoms with Crippen LogP contribution in [-0.4, -0.2) is 35.9 Å². The maximum absolute atomic E-state index is 12.9. The van der Waals surface area contributed by atoms with E-state index in [9.17, 15) is 9.59 Å². The molecule has 2 aliphatic heterocycles. The van der Waals surface area contributed by atoms with E-state index >= 15 is 0 Å². The minimum absolute atomic E-state index is 0.407. The number of carbonyl (C=O) groups excluding carboxylic acids is 2. The maximum atomic E-state index is 12.9. The Labute approximate surface area is 157 Å². The van der Waals surface area contributed by atoms with Gasteiger partial charge in [0.25, 0.3) is 0 Å². The van der Waals surface area contributed by atoms with E-state index in [-0.39, 0.29) is 0 Å². The molecule has 0 N–H and O–H groups in total. The molecule has 2 bridgehead atoms. The molecule has 1 saturated heterocycles. The Hall–Kier alpha value is -2.66. The molecule has 0 spiro atoms. The Balaban J connectivity index is 1.59. The summed E-state index contributed by atoms with van der Waals surface area (Å²) in [4.78, 5) is 25.6. The minimum atomic E-state index is -0.693. The number of fused-ring (bicyclic) bond motifs is 3. The van der Waals surface area contributed by atoms with Gasteiger partial charge in [0, 0.05) is 0 Å². The van der Waals surface area contributed by atoms with Crippen LogP contribution >= 0.6 is 0 Å². The van der Waals surface area contributed by atoms with Crippen LogP contribution in [0.5, 0.6) is 0 Å². The molecule has 140 valence electrons. The van der Waals surface area contributed by atoms with E-state index in [4.69, 9.17) is 14.2 Å². The molecule has 2 aromatic carbocycles. The average Bonchev–Trinajstić information content (AvgIpc) is 3.21. The van der Waals surface area contributed by atoms with Crippen molar-refractivity contribution in [3.8, 4) is 0 Å². The number of hydrogen-bond acceptors (Lipinski definition) is 5. The normalized spacial score (nSPS) is 26.3. The third kappa shape index (κ3) is 3.35. The summed E-state index contributed by atoms with van der Waals surface area (Å²) in [5, 5.41) is 1.78. The standard InChI is InChI=1S/C22H22O5/c1-22(2,3)27-21(24)18-16-11-12-17(25-16)19(18)26-20(23)15-10-6-8-13-7-4-5-9-14(13)15/h4-12,16-19H,1-3H3. The molecule has 2 aromatic rings. The Morgan fingerprint density at radius 2 is 1.67 bits per heavy atom. The van der Waals surface area contributed by atoms with Crippen LogP contribution in [0.25, 0.3) is 10.8 Å². The second-order valence-corrected chi connectivity index (χ2v) is 7.91. The van der Waals surface area contributed by atoms with Crippen molar-refractivity contribution < 1.29 is 23.8 Å². The van der Waals surface area contributed by atoms with Crippen LogP contribution in [0.2, 0.25) is 0 Å². The van der Waals surface area contributed by atoms with Crippen LogP contribution in [-0.2, 0) is 19.0 Å². The molecular formula is C22H22O5. The predicted molar refractivity (Wildman–Crippen MR) is 100 cm³/mol. The summed E-state index contributed by atoms with van der Waals surface area (Å²) >= 11 is 0. The van der Waals surface area contributed by atoms with Gasteiger partial charge >= 0.3 is 11.9 Å². The van der Waals surface area contributed by atoms with Gasteiger partial charge < -0.3 is 14.2 Å². The number of rotatable bonds is 3. The minimum Gasteiger partial charge on any atom is -0.460 e. The lowest BCUT2D eigenvalue weighted by Crippen LogP contribution is -2.42. The molecule has 4 rings (SSSR count). The largest absolute Gasteiger partial charge is 0.460 e. The molecule has 0 saturated carbocycles. The highest BCUT2D eigenvalue weighted by atomic mass is 16.6. The van der Waals surface area contributed by atoms with Crippen LogP contribution in [0.1, 0.15) is 31.1 Å². The van der Waals surface area contributed by atoms with Gasteiger partial charge in [-0.3, -0.25) is 4.79 Å². The van der Waals surface area contributed by atoms with Crippen LogP contribution in [0.15, 0.2) is 54.6 Å². The number of carbonyl (C=O) groups is 2. The van der Waals surface area contributed by atoms with Crippen molar-refractivity contribution in [1.29, 1.82) is 0 Å². The SMILES string of the molecule is CC(C)(C)OC(=O)C1C2C=CC(O2)C1OC(=O)c1cccc2ccccc12. The van der Waals surface area contributed by atoms with Gasteiger partial charge in [-0.15, -0.1) is 0 Å². The molecular weight excluding hydrogens is 344 g/mol. The molecule has 0 amide bonds. The molecule has 0 aromatic heterocycles. The first-order chi connectivity index (χ1) is 12.8. The first-order valence-corrected chi connectivity index (χ1v) is 9.09. The van der Waals surface area contributed by atoms with Gasteiger partial charge in [-0.2, -0.15) is 0 Å². The van der Waals surface area contributed by atoms with E-state index in [1.54, 1.807) is 6.07 Å². The lowest BCUT2D eigenvalue weighted by molar-refractivity contribution is -0.163. The third-order valence-corrected chi connectivity index (χ3v) is 4.77. The van der Waals surface area contributed by atoms with Crippen molar-refractivity contribution in [3.63, 3.8) is 0 Å². The van der Waals surface area contributed by atoms with Gasteiger partial charge in [0.1, 0.15) is 23.7 Å². The third-order valence-electron chi connectivity index (χ3n) is 4.77. The summed E-state index contributed by atoms with van der Waals surface area (Å²) in [6, 6.07) is 13.1. The lowest BCUT2D eigenvalue weighted by atomic mass is 9.91. The van der Waals surface area contributed by atoms with E-state index in [0.29, 0.717) is 5.56 Å². The highest BCUT2D eigenvalue weighted by Gasteiger charge is 2.53. The highest BCUT2D eigenvalue weighted by molar-refractivity contribution is 6.04. The van der Waals surface area contributed by atoms with Crippen LogP contribution in [0, 0.1) is 5.92 Å². The summed E-state index contributed by atoms with van der Waals surface area (Å²) in [7, 11) is 0. The smallest absolute Gasteiger partial charge is 0.339 e. The Bertz CT molecular complexity index is 918. The molecule has 5 heteroatoms. The van der Waals surface area contributed by atoms with Crippen LogP contribution in [0.4, 0.5) is 0 Å². The van der Waals surface area contributed by atoms with E-state index in [1.165, 1.54) is 0 Å². The van der Waals surface area contributed by atoms with Gasteiger partial charge in [-0.05, 0) is 37.6 Å². The van der Waals surface area contributed by atoms with Crippen LogP contribution in [0.3, 0.4) is 0 Å². The van der Waals surface area contributed by atoms with Crippen molar-refractivity contribution in [2.45, 2.75) is 44.7 Å². The topological polar surface area (TPSA) is 61.8 Å². The van der Waals surface area contributed by atoms with E-state index in [2.05, 4.69) is 0 Å². The van der Waals surface area contributed by atoms with Crippen molar-refractivity contribution in [1.82, 2.24) is 0 Å². The first kappa shape index (κ1) is 17.7. The second-order valence-electron chi connectivity index (χ2n) is 7.91. The molecule has 1 fully saturated rings. The quantitative estimate of drug-likeness (QED) is 0.613. The highest BCUT2D eigenvalue weighted by Crippen LogP contribution is 2.38. The number of ether oxygens (including phenoxy) is 3. The van der Waals surface area contributed by atoms with Gasteiger partial charge in [0.15, 0.2) is 0 Å². The average molecular weight is 366 g/mol. The summed E-state index contributed by atoms with van der Waals surface area (Å²) in [6.45, 7) is 5.43. The summed E-state index contributed by atoms with van der Waals surface area (Å²) in [5.74, 6) is -1.52. The molecule has 0 aliphatic carbocycles. The molecule has 4 atom stereocenters. The molecule has 27 heavy (non-hydrogen) atoms. The van der Waals surface area contributed by atoms with E-state index in [0.717, 1.165) is 10.8 Å². The fourth-order valence-corrected chi connectivity index (χ4v) is 3.64. The predicted octanol–water partition coefficient (Wildman–Crippen LogP) is 3.66. The van der Waals surface area contributed by atoms with Crippen molar-refractivity contribution in [2.75, 3.05) is 0 Å². The van der Waals surface area contributed by atoms with Gasteiger partial charge in [-0.1, -0.05) is 48.6 Å². The van der Waals surface area contributed by atoms with Gasteiger partial charge in [-0.25, -0.2) is 4.79 Å². The van der Waals surface area contributed by atoms with Crippen molar-refractivity contribution >= 4 is 22.7 Å². The second kappa shape index (κ2) is 6.50. The molecule has 4 unspecified atom stereocenters. The van der Waals surface area contributed by atoms with Crippen molar-refractivity contribution in [3.05, 3.63) is 60.2 Å². The van der Waals surface area contributed by atoms with Crippen molar-refractivity contribution in [2.24, 2.45) is 5.92 Å². The van der Waals surface area contributed by atoms with Gasteiger partial charge in [0.05, 0.1) is 11.7 Å². The number of benzene rings is 2. The number of hydrogen-bond donors (Lipinski definition) is 0. The summed E-state index contributed by atoms with van der Waals surface area (Å²) in [6.07, 6.45) is 2.14. The monoisotopic (exact) mass is 366 g/mol. The summed E-state index contributed by atoms with van der Waals surface area (Å²) in [5.41, 5.74) is -0.143. The fourth-order valence-electron chi connectivity index (χ4n) is 3.64. The molecule has 2 heterocycles. The zero-order chi connectivity index (χ0) is 19.2. The molecule has 5 nitrogen and oxygen atoms in total. The fraction of sp³-hybridized carbons (Fsp3) is 0.364. The Kier molecular flexibility index (Phi) is 4.27. The molecule has 2 aliphatic rings. The zero-order valence-corrected chi connectivity index (χ0v) is 15.5. The van der Waals surface area contributed by atoms with Gasteiger partial charge in [0.2, 0.25) is 0 Å². The Morgan fingerprint density at radius 1 is 0.963 bits per heavy atom. The molecule has 0 radical (unpaired) electrons. The summed E-state index contributed by atoms with van der Waals surface area (Å²) < 4.78 is 17.1. The maximum Gasteiger partial charge on any atom is 0.339 e. The van der Waals surface area contributed by atoms with E-state index < -0.39 is 41.8 Å². The zero-order valence-electron chi connectivity index (χ0n) is 15.5. The Morgan fingerprint density at radius 3 is 2.44 bits per heavy atom. The van der Waals surface area contributed by atoms with Crippen LogP contribution < -0.4 is 0 Å². The van der Waals surface area contributed by atoms with E-state index in [1.807, 2.05) is 69.3 Å². The lowest BCUT2D eigenvalue weighted by Gasteiger charge is -2.27. The first-order valence-electron chi connectivity index (χ1n) is 9.09.